The van der Waals surface area contributed by atoms with Gasteiger partial charge in [0.1, 0.15) is 5.76 Å². The molecule has 1 aromatic carbocycles. The summed E-state index contributed by atoms with van der Waals surface area (Å²) in [6, 6.07) is 12.1. The molecule has 2 aromatic heterocycles. The van der Waals surface area contributed by atoms with Crippen LogP contribution >= 0.6 is 0 Å². The van der Waals surface area contributed by atoms with Crippen LogP contribution in [-0.2, 0) is 6.54 Å². The average Bonchev–Trinajstić information content (AvgIpc) is 2.97. The van der Waals surface area contributed by atoms with Crippen molar-refractivity contribution < 1.29 is 9.15 Å². The molecule has 0 amide bonds. The largest absolute Gasteiger partial charge is 0.493 e. The van der Waals surface area contributed by atoms with Crippen molar-refractivity contribution in [2.75, 3.05) is 7.11 Å². The molecule has 0 fully saturated rings. The Kier molecular flexibility index (Phi) is 3.88. The molecular formula is C17H18N2O2. The summed E-state index contributed by atoms with van der Waals surface area (Å²) in [4.78, 5) is 4.11. The van der Waals surface area contributed by atoms with Gasteiger partial charge in [0.25, 0.3) is 0 Å². The molecule has 0 bridgehead atoms. The first-order valence-corrected chi connectivity index (χ1v) is 6.96. The minimum Gasteiger partial charge on any atom is -0.493 e. The van der Waals surface area contributed by atoms with Crippen LogP contribution in [0.3, 0.4) is 0 Å². The summed E-state index contributed by atoms with van der Waals surface area (Å²) in [7, 11) is 1.65. The molecule has 2 heterocycles. The fourth-order valence-electron chi connectivity index (χ4n) is 2.30. The minimum atomic E-state index is 0.113. The molecule has 0 aliphatic heterocycles. The molecule has 3 rings (SSSR count). The summed E-state index contributed by atoms with van der Waals surface area (Å²) in [6.45, 7) is 2.84. The van der Waals surface area contributed by atoms with Crippen LogP contribution in [0.1, 0.15) is 24.3 Å². The van der Waals surface area contributed by atoms with Gasteiger partial charge in [0.2, 0.25) is 0 Å². The Balaban J connectivity index is 1.77. The smallest absolute Gasteiger partial charge is 0.176 e. The number of methoxy groups -OCH3 is 1. The van der Waals surface area contributed by atoms with Gasteiger partial charge in [0, 0.05) is 24.3 Å². The van der Waals surface area contributed by atoms with Crippen LogP contribution < -0.4 is 10.1 Å². The molecule has 0 saturated heterocycles. The maximum absolute atomic E-state index is 5.94. The van der Waals surface area contributed by atoms with Gasteiger partial charge < -0.3 is 14.5 Å². The minimum absolute atomic E-state index is 0.113. The van der Waals surface area contributed by atoms with Crippen LogP contribution in [0, 0.1) is 0 Å². The number of ether oxygens (including phenoxy) is 1. The lowest BCUT2D eigenvalue weighted by molar-refractivity contribution is 0.399. The van der Waals surface area contributed by atoms with Crippen molar-refractivity contribution in [3.8, 4) is 5.75 Å². The van der Waals surface area contributed by atoms with E-state index in [1.165, 1.54) is 0 Å². The van der Waals surface area contributed by atoms with Crippen LogP contribution in [0.25, 0.3) is 11.0 Å². The molecule has 1 N–H and O–H groups in total. The molecule has 108 valence electrons. The fourth-order valence-corrected chi connectivity index (χ4v) is 2.30. The number of furan rings is 1. The Labute approximate surface area is 123 Å². The van der Waals surface area contributed by atoms with Crippen LogP contribution in [0.15, 0.2) is 53.2 Å². The highest BCUT2D eigenvalue weighted by molar-refractivity contribution is 5.83. The summed E-state index contributed by atoms with van der Waals surface area (Å²) in [5.41, 5.74) is 1.95. The van der Waals surface area contributed by atoms with Gasteiger partial charge in [-0.25, -0.2) is 0 Å². The van der Waals surface area contributed by atoms with Crippen LogP contribution in [0.5, 0.6) is 5.75 Å². The van der Waals surface area contributed by atoms with E-state index in [1.807, 2.05) is 36.5 Å². The van der Waals surface area contributed by atoms with E-state index < -0.39 is 0 Å². The summed E-state index contributed by atoms with van der Waals surface area (Å²) < 4.78 is 11.3. The van der Waals surface area contributed by atoms with Gasteiger partial charge >= 0.3 is 0 Å². The number of pyridine rings is 1. The molecule has 0 aliphatic rings. The fraction of sp³-hybridized carbons (Fsp3) is 0.235. The van der Waals surface area contributed by atoms with E-state index >= 15 is 0 Å². The summed E-state index contributed by atoms with van der Waals surface area (Å²) in [6.07, 6.45) is 3.64. The highest BCUT2D eigenvalue weighted by atomic mass is 16.5. The lowest BCUT2D eigenvalue weighted by Gasteiger charge is -2.10. The number of nitrogens with one attached hydrogen (secondary N) is 1. The summed E-state index contributed by atoms with van der Waals surface area (Å²) in [5.74, 6) is 1.66. The lowest BCUT2D eigenvalue weighted by Crippen LogP contribution is -2.17. The molecule has 4 heteroatoms. The van der Waals surface area contributed by atoms with E-state index in [0.29, 0.717) is 0 Å². The van der Waals surface area contributed by atoms with Crippen molar-refractivity contribution in [3.05, 3.63) is 60.1 Å². The second kappa shape index (κ2) is 5.97. The topological polar surface area (TPSA) is 47.3 Å². The van der Waals surface area contributed by atoms with Crippen molar-refractivity contribution in [1.82, 2.24) is 10.3 Å². The first kappa shape index (κ1) is 13.6. The third kappa shape index (κ3) is 2.90. The van der Waals surface area contributed by atoms with E-state index in [1.54, 1.807) is 13.3 Å². The number of aromatic nitrogens is 1. The zero-order valence-corrected chi connectivity index (χ0v) is 12.2. The predicted molar refractivity (Wildman–Crippen MR) is 82.3 cm³/mol. The van der Waals surface area contributed by atoms with Crippen molar-refractivity contribution in [2.24, 2.45) is 0 Å². The molecule has 1 atom stereocenters. The Morgan fingerprint density at radius 3 is 2.95 bits per heavy atom. The average molecular weight is 282 g/mol. The zero-order valence-electron chi connectivity index (χ0n) is 12.2. The molecule has 0 radical (unpaired) electrons. The molecule has 3 aromatic rings. The van der Waals surface area contributed by atoms with Crippen molar-refractivity contribution in [2.45, 2.75) is 19.5 Å². The maximum atomic E-state index is 5.94. The van der Waals surface area contributed by atoms with Gasteiger partial charge in [0.05, 0.1) is 13.2 Å². The SMILES string of the molecule is COc1cccc2cc([C@H](C)NCc3cccnc3)oc12. The van der Waals surface area contributed by atoms with Crippen molar-refractivity contribution >= 4 is 11.0 Å². The van der Waals surface area contributed by atoms with Crippen LogP contribution in [0.2, 0.25) is 0 Å². The third-order valence-corrected chi connectivity index (χ3v) is 3.51. The molecule has 21 heavy (non-hydrogen) atoms. The van der Waals surface area contributed by atoms with Crippen LogP contribution in [-0.4, -0.2) is 12.1 Å². The molecule has 0 aliphatic carbocycles. The van der Waals surface area contributed by atoms with Gasteiger partial charge in [-0.05, 0) is 30.7 Å². The zero-order chi connectivity index (χ0) is 14.7. The van der Waals surface area contributed by atoms with Gasteiger partial charge in [0.15, 0.2) is 11.3 Å². The number of benzene rings is 1. The Hall–Kier alpha value is -2.33. The van der Waals surface area contributed by atoms with E-state index in [-0.39, 0.29) is 6.04 Å². The normalized spacial score (nSPS) is 12.5. The molecule has 0 saturated carbocycles. The van der Waals surface area contributed by atoms with E-state index in [2.05, 4.69) is 23.3 Å². The molecule has 4 nitrogen and oxygen atoms in total. The lowest BCUT2D eigenvalue weighted by atomic mass is 10.2. The van der Waals surface area contributed by atoms with Crippen molar-refractivity contribution in [3.63, 3.8) is 0 Å². The van der Waals surface area contributed by atoms with E-state index in [9.17, 15) is 0 Å². The summed E-state index contributed by atoms with van der Waals surface area (Å²) in [5, 5.41) is 4.49. The standard InChI is InChI=1S/C17H18N2O2/c1-12(19-11-13-5-4-8-18-10-13)16-9-14-6-3-7-15(20-2)17(14)21-16/h3-10,12,19H,11H2,1-2H3/t12-/m0/s1. The van der Waals surface area contributed by atoms with E-state index in [4.69, 9.17) is 9.15 Å². The summed E-state index contributed by atoms with van der Waals surface area (Å²) >= 11 is 0. The molecular weight excluding hydrogens is 264 g/mol. The number of hydrogen-bond donors (Lipinski definition) is 1. The Bertz CT molecular complexity index is 722. The van der Waals surface area contributed by atoms with E-state index in [0.717, 1.165) is 34.6 Å². The number of para-hydroxylation sites is 1. The first-order valence-electron chi connectivity index (χ1n) is 6.96. The number of nitrogens with zero attached hydrogens (tertiary/aromatic N) is 1. The highest BCUT2D eigenvalue weighted by Crippen LogP contribution is 2.30. The third-order valence-electron chi connectivity index (χ3n) is 3.51. The van der Waals surface area contributed by atoms with Gasteiger partial charge in [-0.3, -0.25) is 4.98 Å². The molecule has 0 spiro atoms. The Morgan fingerprint density at radius 2 is 2.19 bits per heavy atom. The van der Waals surface area contributed by atoms with Crippen LogP contribution in [0.4, 0.5) is 0 Å². The second-order valence-electron chi connectivity index (χ2n) is 4.99. The monoisotopic (exact) mass is 282 g/mol. The van der Waals surface area contributed by atoms with Gasteiger partial charge in [-0.2, -0.15) is 0 Å². The predicted octanol–water partition coefficient (Wildman–Crippen LogP) is 3.69. The second-order valence-corrected chi connectivity index (χ2v) is 4.99. The van der Waals surface area contributed by atoms with Gasteiger partial charge in [-0.1, -0.05) is 18.2 Å². The first-order chi connectivity index (χ1) is 10.3. The number of rotatable bonds is 5. The Morgan fingerprint density at radius 1 is 1.29 bits per heavy atom. The highest BCUT2D eigenvalue weighted by Gasteiger charge is 2.13. The quantitative estimate of drug-likeness (QED) is 0.775. The number of fused-ring (bicyclic) bond motifs is 1. The van der Waals surface area contributed by atoms with Crippen molar-refractivity contribution in [1.29, 1.82) is 0 Å². The number of hydrogen-bond acceptors (Lipinski definition) is 4. The molecule has 0 unspecified atom stereocenters. The van der Waals surface area contributed by atoms with Gasteiger partial charge in [-0.15, -0.1) is 0 Å². The maximum Gasteiger partial charge on any atom is 0.176 e.